The van der Waals surface area contributed by atoms with Crippen LogP contribution in [-0.4, -0.2) is 36.8 Å². The third-order valence-electron chi connectivity index (χ3n) is 3.38. The van der Waals surface area contributed by atoms with E-state index in [1.54, 1.807) is 7.11 Å². The topological polar surface area (TPSA) is 73.6 Å². The number of likely N-dealkylation sites (N-methyl/N-ethyl adjacent to an activating group) is 1. The number of hydrogen-bond donors (Lipinski definition) is 1. The van der Waals surface area contributed by atoms with Gasteiger partial charge < -0.3 is 14.8 Å². The molecule has 1 N–H and O–H groups in total. The number of benzene rings is 1. The number of ether oxygens (including phenoxy) is 2. The van der Waals surface area contributed by atoms with E-state index in [1.807, 2.05) is 6.92 Å². The molecule has 20 heavy (non-hydrogen) atoms. The van der Waals surface area contributed by atoms with Crippen LogP contribution in [0.4, 0.5) is 10.1 Å². The molecule has 0 bridgehead atoms. The second-order valence-corrected chi connectivity index (χ2v) is 4.63. The second-order valence-electron chi connectivity index (χ2n) is 4.63. The van der Waals surface area contributed by atoms with E-state index >= 15 is 0 Å². The van der Waals surface area contributed by atoms with E-state index in [1.165, 1.54) is 6.07 Å². The Hall–Kier alpha value is -1.73. The summed E-state index contributed by atoms with van der Waals surface area (Å²) in [6.45, 7) is 2.81. The molecule has 0 aromatic heterocycles. The molecule has 1 saturated carbocycles. The van der Waals surface area contributed by atoms with Gasteiger partial charge in [-0.25, -0.2) is 4.39 Å². The Morgan fingerprint density at radius 3 is 2.90 bits per heavy atom. The molecule has 3 unspecified atom stereocenters. The molecular weight excluding hydrogens is 267 g/mol. The summed E-state index contributed by atoms with van der Waals surface area (Å²) in [4.78, 5) is 10.2. The first-order valence-corrected chi connectivity index (χ1v) is 6.43. The van der Waals surface area contributed by atoms with E-state index in [2.05, 4.69) is 5.32 Å². The Labute approximate surface area is 116 Å². The van der Waals surface area contributed by atoms with E-state index in [-0.39, 0.29) is 29.7 Å². The molecule has 110 valence electrons. The molecule has 2 rings (SSSR count). The molecule has 0 radical (unpaired) electrons. The Morgan fingerprint density at radius 2 is 2.30 bits per heavy atom. The summed E-state index contributed by atoms with van der Waals surface area (Å²) in [5, 5.41) is 14.1. The summed E-state index contributed by atoms with van der Waals surface area (Å²) in [6.07, 6.45) is 0.258. The van der Waals surface area contributed by atoms with Crippen molar-refractivity contribution >= 4 is 5.69 Å². The van der Waals surface area contributed by atoms with Crippen LogP contribution in [0.2, 0.25) is 0 Å². The minimum absolute atomic E-state index is 0.0680. The third-order valence-corrected chi connectivity index (χ3v) is 3.38. The van der Waals surface area contributed by atoms with Crippen LogP contribution in [0.25, 0.3) is 0 Å². The van der Waals surface area contributed by atoms with Crippen LogP contribution < -0.4 is 10.1 Å². The lowest BCUT2D eigenvalue weighted by Crippen LogP contribution is -2.60. The monoisotopic (exact) mass is 284 g/mol. The van der Waals surface area contributed by atoms with E-state index in [9.17, 15) is 14.5 Å². The Balaban J connectivity index is 2.09. The van der Waals surface area contributed by atoms with Crippen molar-refractivity contribution in [3.05, 3.63) is 34.1 Å². The Morgan fingerprint density at radius 1 is 1.55 bits per heavy atom. The Bertz CT molecular complexity index is 497. The van der Waals surface area contributed by atoms with Crippen LogP contribution in [0.5, 0.6) is 5.75 Å². The fraction of sp³-hybridized carbons (Fsp3) is 0.538. The molecule has 1 aromatic carbocycles. The van der Waals surface area contributed by atoms with Gasteiger partial charge in [0.15, 0.2) is 5.75 Å². The summed E-state index contributed by atoms with van der Waals surface area (Å²) in [6, 6.07) is 3.46. The lowest BCUT2D eigenvalue weighted by molar-refractivity contribution is -0.386. The molecule has 0 heterocycles. The number of nitro groups is 1. The van der Waals surface area contributed by atoms with Crippen molar-refractivity contribution in [3.8, 4) is 5.75 Å². The van der Waals surface area contributed by atoms with Gasteiger partial charge in [0.05, 0.1) is 11.0 Å². The van der Waals surface area contributed by atoms with Crippen LogP contribution in [0.1, 0.15) is 13.3 Å². The molecule has 6 nitrogen and oxygen atoms in total. The molecule has 7 heteroatoms. The average molecular weight is 284 g/mol. The number of halogens is 1. The second kappa shape index (κ2) is 6.15. The van der Waals surface area contributed by atoms with Gasteiger partial charge in [-0.2, -0.15) is 0 Å². The number of hydrogen-bond acceptors (Lipinski definition) is 5. The maximum atomic E-state index is 13.1. The fourth-order valence-corrected chi connectivity index (χ4v) is 2.37. The molecule has 3 atom stereocenters. The number of nitrogens with one attached hydrogen (secondary N) is 1. The van der Waals surface area contributed by atoms with Crippen LogP contribution in [0.3, 0.4) is 0 Å². The molecule has 1 fully saturated rings. The van der Waals surface area contributed by atoms with Gasteiger partial charge in [0, 0.05) is 19.6 Å². The van der Waals surface area contributed by atoms with Crippen molar-refractivity contribution in [2.24, 2.45) is 0 Å². The Kier molecular flexibility index (Phi) is 4.51. The molecule has 1 aliphatic rings. The van der Waals surface area contributed by atoms with Gasteiger partial charge in [-0.1, -0.05) is 6.92 Å². The minimum atomic E-state index is -0.661. The smallest absolute Gasteiger partial charge is 0.313 e. The first kappa shape index (κ1) is 14.7. The van der Waals surface area contributed by atoms with Crippen LogP contribution in [-0.2, 0) is 4.74 Å². The lowest BCUT2D eigenvalue weighted by Gasteiger charge is -2.43. The number of rotatable bonds is 6. The summed E-state index contributed by atoms with van der Waals surface area (Å²) in [5.74, 6) is -0.593. The zero-order chi connectivity index (χ0) is 14.7. The van der Waals surface area contributed by atoms with Crippen molar-refractivity contribution in [1.82, 2.24) is 5.32 Å². The molecule has 0 saturated heterocycles. The average Bonchev–Trinajstić information content (AvgIpc) is 2.39. The summed E-state index contributed by atoms with van der Waals surface area (Å²) in [5.41, 5.74) is -0.369. The summed E-state index contributed by atoms with van der Waals surface area (Å²) >= 11 is 0. The van der Waals surface area contributed by atoms with E-state index in [4.69, 9.17) is 9.47 Å². The summed E-state index contributed by atoms with van der Waals surface area (Å²) in [7, 11) is 1.57. The normalized spacial score (nSPS) is 25.1. The quantitative estimate of drug-likeness (QED) is 0.637. The maximum Gasteiger partial charge on any atom is 0.313 e. The van der Waals surface area contributed by atoms with Gasteiger partial charge in [0.1, 0.15) is 18.0 Å². The highest BCUT2D eigenvalue weighted by Gasteiger charge is 2.43. The SMILES string of the molecule is CCNC1CC(Oc2ccc(F)cc2[N+](=O)[O-])C1OC. The van der Waals surface area contributed by atoms with Gasteiger partial charge in [0.2, 0.25) is 0 Å². The molecule has 1 aliphatic carbocycles. The number of nitrogens with zero attached hydrogens (tertiary/aromatic N) is 1. The molecular formula is C13H17FN2O4. The van der Waals surface area contributed by atoms with Gasteiger partial charge in [-0.05, 0) is 18.7 Å². The van der Waals surface area contributed by atoms with Crippen LogP contribution >= 0.6 is 0 Å². The molecule has 0 amide bonds. The lowest BCUT2D eigenvalue weighted by atomic mass is 9.85. The predicted octanol–water partition coefficient (Wildman–Crippen LogP) is 1.88. The van der Waals surface area contributed by atoms with Crippen LogP contribution in [0.15, 0.2) is 18.2 Å². The van der Waals surface area contributed by atoms with Crippen molar-refractivity contribution in [1.29, 1.82) is 0 Å². The first-order chi connectivity index (χ1) is 9.56. The summed E-state index contributed by atoms with van der Waals surface area (Å²) < 4.78 is 24.0. The van der Waals surface area contributed by atoms with Crippen molar-refractivity contribution < 1.29 is 18.8 Å². The highest BCUT2D eigenvalue weighted by atomic mass is 19.1. The zero-order valence-corrected chi connectivity index (χ0v) is 11.3. The largest absolute Gasteiger partial charge is 0.481 e. The van der Waals surface area contributed by atoms with E-state index in [0.717, 1.165) is 18.7 Å². The van der Waals surface area contributed by atoms with E-state index < -0.39 is 10.7 Å². The highest BCUT2D eigenvalue weighted by molar-refractivity contribution is 5.46. The van der Waals surface area contributed by atoms with Crippen molar-refractivity contribution in [3.63, 3.8) is 0 Å². The maximum absolute atomic E-state index is 13.1. The number of nitro benzene ring substituents is 1. The van der Waals surface area contributed by atoms with Crippen molar-refractivity contribution in [2.75, 3.05) is 13.7 Å². The number of methoxy groups -OCH3 is 1. The van der Waals surface area contributed by atoms with Gasteiger partial charge in [-0.15, -0.1) is 0 Å². The standard InChI is InChI=1S/C13H17FN2O4/c1-3-15-9-7-12(13(9)19-2)20-11-5-4-8(14)6-10(11)16(17)18/h4-6,9,12-13,15H,3,7H2,1-2H3. The minimum Gasteiger partial charge on any atom is -0.481 e. The van der Waals surface area contributed by atoms with Gasteiger partial charge >= 0.3 is 5.69 Å². The molecule has 0 aliphatic heterocycles. The van der Waals surface area contributed by atoms with E-state index in [0.29, 0.717) is 6.42 Å². The fourth-order valence-electron chi connectivity index (χ4n) is 2.37. The first-order valence-electron chi connectivity index (χ1n) is 6.43. The highest BCUT2D eigenvalue weighted by Crippen LogP contribution is 2.34. The predicted molar refractivity (Wildman–Crippen MR) is 70.3 cm³/mol. The van der Waals surface area contributed by atoms with Gasteiger partial charge in [-0.3, -0.25) is 10.1 Å². The molecule has 1 aromatic rings. The van der Waals surface area contributed by atoms with Crippen molar-refractivity contribution in [2.45, 2.75) is 31.6 Å². The van der Waals surface area contributed by atoms with Crippen LogP contribution in [0, 0.1) is 15.9 Å². The van der Waals surface area contributed by atoms with Gasteiger partial charge in [0.25, 0.3) is 0 Å². The molecule has 0 spiro atoms. The zero-order valence-electron chi connectivity index (χ0n) is 11.3. The third kappa shape index (κ3) is 2.88.